The summed E-state index contributed by atoms with van der Waals surface area (Å²) < 4.78 is 0. The van der Waals surface area contributed by atoms with Gasteiger partial charge in [0.15, 0.2) is 0 Å². The number of hydrogen-bond donors (Lipinski definition) is 2. The van der Waals surface area contributed by atoms with Crippen molar-refractivity contribution >= 4 is 17.6 Å². The highest BCUT2D eigenvalue weighted by atomic mass is 35.5. The summed E-state index contributed by atoms with van der Waals surface area (Å²) in [5.41, 5.74) is 4.57. The maximum atomic E-state index is 10.7. The quantitative estimate of drug-likeness (QED) is 0.699. The van der Waals surface area contributed by atoms with Crippen LogP contribution < -0.4 is 5.73 Å². The highest BCUT2D eigenvalue weighted by molar-refractivity contribution is 6.29. The molecule has 0 aliphatic rings. The molecule has 4 nitrogen and oxygen atoms in total. The Morgan fingerprint density at radius 1 is 1.77 bits per heavy atom. The first-order chi connectivity index (χ1) is 5.94. The number of carbonyl (C=O) groups is 1. The minimum atomic E-state index is -1.42. The molecular weight excluding hydrogens is 192 g/mol. The zero-order valence-corrected chi connectivity index (χ0v) is 7.75. The topological polar surface area (TPSA) is 76.2 Å². The molecule has 1 aromatic heterocycles. The average molecular weight is 201 g/mol. The van der Waals surface area contributed by atoms with E-state index in [1.165, 1.54) is 25.3 Å². The summed E-state index contributed by atoms with van der Waals surface area (Å²) in [6, 6.07) is 2.97. The maximum absolute atomic E-state index is 10.7. The van der Waals surface area contributed by atoms with Gasteiger partial charge < -0.3 is 10.8 Å². The van der Waals surface area contributed by atoms with Crippen molar-refractivity contribution in [3.05, 3.63) is 29.0 Å². The van der Waals surface area contributed by atoms with Crippen molar-refractivity contribution in [1.82, 2.24) is 4.98 Å². The van der Waals surface area contributed by atoms with E-state index in [-0.39, 0.29) is 5.15 Å². The third kappa shape index (κ3) is 1.96. The highest BCUT2D eigenvalue weighted by Gasteiger charge is 2.30. The molecule has 3 N–H and O–H groups in total. The van der Waals surface area contributed by atoms with Crippen LogP contribution in [0.3, 0.4) is 0 Å². The first-order valence-corrected chi connectivity index (χ1v) is 3.96. The Bertz CT molecular complexity index is 339. The molecule has 0 fully saturated rings. The van der Waals surface area contributed by atoms with Crippen molar-refractivity contribution in [2.24, 2.45) is 5.73 Å². The van der Waals surface area contributed by atoms with Gasteiger partial charge in [0, 0.05) is 6.20 Å². The SMILES string of the molecule is C[C@](N)(C(=O)O)c1ccnc(Cl)c1. The fraction of sp³-hybridized carbons (Fsp3) is 0.250. The second-order valence-corrected chi connectivity index (χ2v) is 3.26. The number of aromatic nitrogens is 1. The van der Waals surface area contributed by atoms with Crippen molar-refractivity contribution in [3.8, 4) is 0 Å². The Kier molecular flexibility index (Phi) is 2.54. The molecule has 0 spiro atoms. The number of halogens is 1. The van der Waals surface area contributed by atoms with Gasteiger partial charge in [0.25, 0.3) is 0 Å². The summed E-state index contributed by atoms with van der Waals surface area (Å²) in [5, 5.41) is 9.03. The fourth-order valence-corrected chi connectivity index (χ4v) is 1.02. The number of pyridine rings is 1. The molecule has 0 aliphatic carbocycles. The standard InChI is InChI=1S/C8H9ClN2O2/c1-8(10,7(12)13)5-2-3-11-6(9)4-5/h2-4H,10H2,1H3,(H,12,13)/t8-/m1/s1. The lowest BCUT2D eigenvalue weighted by Gasteiger charge is -2.19. The van der Waals surface area contributed by atoms with Crippen molar-refractivity contribution < 1.29 is 9.90 Å². The Labute approximate surface area is 80.3 Å². The van der Waals surface area contributed by atoms with Crippen LogP contribution >= 0.6 is 11.6 Å². The lowest BCUT2D eigenvalue weighted by molar-refractivity contribution is -0.143. The summed E-state index contributed by atoms with van der Waals surface area (Å²) in [5.74, 6) is -1.10. The molecule has 1 aromatic rings. The predicted octanol–water partition coefficient (Wildman–Crippen LogP) is 0.994. The molecule has 0 aromatic carbocycles. The molecule has 13 heavy (non-hydrogen) atoms. The number of carboxylic acids is 1. The third-order valence-electron chi connectivity index (χ3n) is 1.77. The zero-order valence-electron chi connectivity index (χ0n) is 6.99. The maximum Gasteiger partial charge on any atom is 0.328 e. The number of hydrogen-bond acceptors (Lipinski definition) is 3. The summed E-state index contributed by atoms with van der Waals surface area (Å²) in [7, 11) is 0. The number of nitrogens with two attached hydrogens (primary N) is 1. The van der Waals surface area contributed by atoms with Gasteiger partial charge in [-0.2, -0.15) is 0 Å². The van der Waals surface area contributed by atoms with E-state index in [0.29, 0.717) is 5.56 Å². The number of rotatable bonds is 2. The number of nitrogens with zero attached hydrogens (tertiary/aromatic N) is 1. The molecule has 1 atom stereocenters. The van der Waals surface area contributed by atoms with Gasteiger partial charge in [-0.05, 0) is 24.6 Å². The van der Waals surface area contributed by atoms with Gasteiger partial charge in [-0.1, -0.05) is 11.6 Å². The second-order valence-electron chi connectivity index (χ2n) is 2.87. The summed E-state index contributed by atoms with van der Waals surface area (Å²) in [4.78, 5) is 14.5. The van der Waals surface area contributed by atoms with Crippen LogP contribution in [0.2, 0.25) is 5.15 Å². The summed E-state index contributed by atoms with van der Waals surface area (Å²) >= 11 is 5.60. The van der Waals surface area contributed by atoms with Crippen molar-refractivity contribution in [2.75, 3.05) is 0 Å². The molecule has 1 heterocycles. The van der Waals surface area contributed by atoms with Gasteiger partial charge in [0.1, 0.15) is 10.7 Å². The molecule has 0 radical (unpaired) electrons. The first-order valence-electron chi connectivity index (χ1n) is 3.59. The normalized spacial score (nSPS) is 15.0. The van der Waals surface area contributed by atoms with E-state index in [9.17, 15) is 4.79 Å². The lowest BCUT2D eigenvalue weighted by Crippen LogP contribution is -2.41. The molecule has 70 valence electrons. The number of aliphatic carboxylic acids is 1. The first kappa shape index (κ1) is 9.95. The van der Waals surface area contributed by atoms with E-state index in [4.69, 9.17) is 22.4 Å². The van der Waals surface area contributed by atoms with Crippen LogP contribution in [0.1, 0.15) is 12.5 Å². The Balaban J connectivity index is 3.14. The molecule has 0 unspecified atom stereocenters. The third-order valence-corrected chi connectivity index (χ3v) is 1.98. The average Bonchev–Trinajstić information content (AvgIpc) is 2.04. The smallest absolute Gasteiger partial charge is 0.328 e. The lowest BCUT2D eigenvalue weighted by atomic mass is 9.95. The molecule has 0 saturated carbocycles. The van der Waals surface area contributed by atoms with Crippen LogP contribution in [0, 0.1) is 0 Å². The second kappa shape index (κ2) is 3.32. The van der Waals surface area contributed by atoms with Crippen molar-refractivity contribution in [1.29, 1.82) is 0 Å². The van der Waals surface area contributed by atoms with E-state index in [1.54, 1.807) is 0 Å². The van der Waals surface area contributed by atoms with Gasteiger partial charge >= 0.3 is 5.97 Å². The molecule has 1 rings (SSSR count). The van der Waals surface area contributed by atoms with Gasteiger partial charge in [-0.3, -0.25) is 0 Å². The van der Waals surface area contributed by atoms with E-state index in [2.05, 4.69) is 4.98 Å². The summed E-state index contributed by atoms with van der Waals surface area (Å²) in [6.45, 7) is 1.40. The minimum absolute atomic E-state index is 0.232. The molecule has 5 heteroatoms. The molecule has 0 aliphatic heterocycles. The van der Waals surface area contributed by atoms with Crippen LogP contribution in [0.5, 0.6) is 0 Å². The molecule has 0 saturated heterocycles. The monoisotopic (exact) mass is 200 g/mol. The Morgan fingerprint density at radius 3 is 2.85 bits per heavy atom. The van der Waals surface area contributed by atoms with E-state index >= 15 is 0 Å². The van der Waals surface area contributed by atoms with Gasteiger partial charge in [-0.15, -0.1) is 0 Å². The van der Waals surface area contributed by atoms with Crippen LogP contribution in [0.15, 0.2) is 18.3 Å². The van der Waals surface area contributed by atoms with Crippen LogP contribution in [0.25, 0.3) is 0 Å². The zero-order chi connectivity index (χ0) is 10.1. The van der Waals surface area contributed by atoms with Crippen molar-refractivity contribution in [3.63, 3.8) is 0 Å². The van der Waals surface area contributed by atoms with Crippen LogP contribution in [0.4, 0.5) is 0 Å². The highest BCUT2D eigenvalue weighted by Crippen LogP contribution is 2.19. The Morgan fingerprint density at radius 2 is 2.38 bits per heavy atom. The van der Waals surface area contributed by atoms with E-state index < -0.39 is 11.5 Å². The largest absolute Gasteiger partial charge is 0.480 e. The van der Waals surface area contributed by atoms with Crippen molar-refractivity contribution in [2.45, 2.75) is 12.5 Å². The fourth-order valence-electron chi connectivity index (χ4n) is 0.849. The van der Waals surface area contributed by atoms with Crippen LogP contribution in [-0.4, -0.2) is 16.1 Å². The molecular formula is C8H9ClN2O2. The Hall–Kier alpha value is -1.13. The predicted molar refractivity (Wildman–Crippen MR) is 48.4 cm³/mol. The molecule has 0 bridgehead atoms. The van der Waals surface area contributed by atoms with Gasteiger partial charge in [0.05, 0.1) is 0 Å². The van der Waals surface area contributed by atoms with Gasteiger partial charge in [0.2, 0.25) is 0 Å². The molecule has 0 amide bonds. The van der Waals surface area contributed by atoms with Gasteiger partial charge in [-0.25, -0.2) is 9.78 Å². The van der Waals surface area contributed by atoms with E-state index in [1.807, 2.05) is 0 Å². The summed E-state index contributed by atoms with van der Waals surface area (Å²) in [6.07, 6.45) is 1.42. The van der Waals surface area contributed by atoms with E-state index in [0.717, 1.165) is 0 Å². The van der Waals surface area contributed by atoms with Crippen LogP contribution in [-0.2, 0) is 10.3 Å². The number of carboxylic acid groups (broad SMARTS) is 1. The minimum Gasteiger partial charge on any atom is -0.480 e.